The second-order valence-electron chi connectivity index (χ2n) is 2.49. The molecule has 0 saturated heterocycles. The topological polar surface area (TPSA) is 38.9 Å². The predicted octanol–water partition coefficient (Wildman–Crippen LogP) is 2.75. The molecular formula is C7H6BrF3N2. The summed E-state index contributed by atoms with van der Waals surface area (Å²) in [5, 5.41) is 0. The fraction of sp³-hybridized carbons (Fsp3) is 0.286. The average Bonchev–Trinajstić information content (AvgIpc) is 1.94. The molecule has 2 nitrogen and oxygen atoms in total. The number of nitrogens with zero attached hydrogens (tertiary/aromatic N) is 1. The maximum atomic E-state index is 12.3. The van der Waals surface area contributed by atoms with Crippen LogP contribution in [0, 0.1) is 6.92 Å². The van der Waals surface area contributed by atoms with Gasteiger partial charge in [0.05, 0.1) is 16.9 Å². The summed E-state index contributed by atoms with van der Waals surface area (Å²) >= 11 is 2.87. The molecule has 2 N–H and O–H groups in total. The lowest BCUT2D eigenvalue weighted by atomic mass is 10.2. The normalized spacial score (nSPS) is 11.8. The second-order valence-corrected chi connectivity index (χ2v) is 3.30. The van der Waals surface area contributed by atoms with Gasteiger partial charge in [0.1, 0.15) is 4.60 Å². The van der Waals surface area contributed by atoms with E-state index in [9.17, 15) is 13.2 Å². The van der Waals surface area contributed by atoms with Gasteiger partial charge in [0, 0.05) is 0 Å². The molecule has 0 saturated carbocycles. The Balaban J connectivity index is 3.37. The van der Waals surface area contributed by atoms with Crippen molar-refractivity contribution < 1.29 is 13.2 Å². The minimum absolute atomic E-state index is 0.131. The molecule has 6 heteroatoms. The number of hydrogen-bond donors (Lipinski definition) is 1. The lowest BCUT2D eigenvalue weighted by molar-refractivity contribution is -0.137. The third kappa shape index (κ3) is 2.12. The lowest BCUT2D eigenvalue weighted by Crippen LogP contribution is -2.11. The van der Waals surface area contributed by atoms with E-state index in [1.54, 1.807) is 0 Å². The molecule has 1 heterocycles. The molecule has 0 bridgehead atoms. The predicted molar refractivity (Wildman–Crippen MR) is 46.1 cm³/mol. The monoisotopic (exact) mass is 254 g/mol. The number of alkyl halides is 3. The molecule has 0 atom stereocenters. The first-order valence-corrected chi connectivity index (χ1v) is 4.11. The number of hydrogen-bond acceptors (Lipinski definition) is 2. The molecule has 72 valence electrons. The number of nitrogen functional groups attached to an aromatic ring is 1. The van der Waals surface area contributed by atoms with Crippen molar-refractivity contribution in [2.75, 3.05) is 5.73 Å². The molecular weight excluding hydrogens is 249 g/mol. The maximum absolute atomic E-state index is 12.3. The quantitative estimate of drug-likeness (QED) is 0.724. The Morgan fingerprint density at radius 2 is 2.00 bits per heavy atom. The summed E-state index contributed by atoms with van der Waals surface area (Å²) in [6.07, 6.45) is -4.43. The summed E-state index contributed by atoms with van der Waals surface area (Å²) in [7, 11) is 0. The van der Waals surface area contributed by atoms with Gasteiger partial charge in [-0.1, -0.05) is 0 Å². The third-order valence-electron chi connectivity index (χ3n) is 1.52. The van der Waals surface area contributed by atoms with E-state index in [2.05, 4.69) is 20.9 Å². The molecule has 1 rings (SSSR count). The summed E-state index contributed by atoms with van der Waals surface area (Å²) in [6.45, 7) is 1.43. The van der Waals surface area contributed by atoms with E-state index in [1.165, 1.54) is 6.92 Å². The number of rotatable bonds is 0. The van der Waals surface area contributed by atoms with Crippen molar-refractivity contribution in [3.63, 3.8) is 0 Å². The van der Waals surface area contributed by atoms with Crippen LogP contribution in [-0.2, 0) is 6.18 Å². The molecule has 1 aromatic rings. The van der Waals surface area contributed by atoms with Gasteiger partial charge in [-0.05, 0) is 28.9 Å². The number of pyridine rings is 1. The number of nitrogens with two attached hydrogens (primary N) is 1. The van der Waals surface area contributed by atoms with Crippen LogP contribution in [-0.4, -0.2) is 4.98 Å². The highest BCUT2D eigenvalue weighted by molar-refractivity contribution is 9.10. The molecule has 0 aliphatic rings. The van der Waals surface area contributed by atoms with Gasteiger partial charge < -0.3 is 5.73 Å². The van der Waals surface area contributed by atoms with Crippen molar-refractivity contribution in [3.8, 4) is 0 Å². The van der Waals surface area contributed by atoms with E-state index in [1.807, 2.05) is 0 Å². The van der Waals surface area contributed by atoms with Crippen molar-refractivity contribution in [1.29, 1.82) is 0 Å². The van der Waals surface area contributed by atoms with Crippen molar-refractivity contribution >= 4 is 21.6 Å². The molecule has 13 heavy (non-hydrogen) atoms. The van der Waals surface area contributed by atoms with Gasteiger partial charge in [-0.15, -0.1) is 0 Å². The summed E-state index contributed by atoms with van der Waals surface area (Å²) in [5.41, 5.74) is 4.22. The summed E-state index contributed by atoms with van der Waals surface area (Å²) in [4.78, 5) is 3.74. The van der Waals surface area contributed by atoms with Gasteiger partial charge in [0.2, 0.25) is 0 Å². The maximum Gasteiger partial charge on any atom is 0.418 e. The van der Waals surface area contributed by atoms with Crippen LogP contribution in [0.3, 0.4) is 0 Å². The van der Waals surface area contributed by atoms with E-state index in [0.29, 0.717) is 0 Å². The largest absolute Gasteiger partial charge is 0.418 e. The number of anilines is 1. The van der Waals surface area contributed by atoms with Crippen LogP contribution in [0.1, 0.15) is 11.3 Å². The molecule has 0 spiro atoms. The van der Waals surface area contributed by atoms with Crippen molar-refractivity contribution in [2.24, 2.45) is 0 Å². The van der Waals surface area contributed by atoms with E-state index >= 15 is 0 Å². The SMILES string of the molecule is Cc1nc(Br)cc(C(F)(F)F)c1N. The molecule has 1 aromatic heterocycles. The highest BCUT2D eigenvalue weighted by Gasteiger charge is 2.34. The van der Waals surface area contributed by atoms with E-state index in [-0.39, 0.29) is 16.0 Å². The van der Waals surface area contributed by atoms with Crippen LogP contribution in [0.15, 0.2) is 10.7 Å². The van der Waals surface area contributed by atoms with Crippen molar-refractivity contribution in [3.05, 3.63) is 21.9 Å². The molecule has 0 unspecified atom stereocenters. The molecule has 0 radical (unpaired) electrons. The number of aryl methyl sites for hydroxylation is 1. The second kappa shape index (κ2) is 3.17. The Morgan fingerprint density at radius 3 is 2.46 bits per heavy atom. The fourth-order valence-corrected chi connectivity index (χ4v) is 1.37. The summed E-state index contributed by atoms with van der Waals surface area (Å²) in [6, 6.07) is 0.863. The molecule has 0 aliphatic heterocycles. The van der Waals surface area contributed by atoms with E-state index in [0.717, 1.165) is 6.07 Å². The van der Waals surface area contributed by atoms with Crippen molar-refractivity contribution in [2.45, 2.75) is 13.1 Å². The smallest absolute Gasteiger partial charge is 0.397 e. The van der Waals surface area contributed by atoms with Gasteiger partial charge in [-0.3, -0.25) is 0 Å². The zero-order chi connectivity index (χ0) is 10.2. The zero-order valence-corrected chi connectivity index (χ0v) is 8.20. The van der Waals surface area contributed by atoms with Crippen LogP contribution in [0.25, 0.3) is 0 Å². The van der Waals surface area contributed by atoms with Crippen LogP contribution >= 0.6 is 15.9 Å². The Kier molecular flexibility index (Phi) is 2.51. The first kappa shape index (κ1) is 10.3. The third-order valence-corrected chi connectivity index (χ3v) is 1.93. The molecule has 0 aromatic carbocycles. The molecule has 0 amide bonds. The van der Waals surface area contributed by atoms with Crippen LogP contribution < -0.4 is 5.73 Å². The molecule has 0 aliphatic carbocycles. The van der Waals surface area contributed by atoms with Crippen molar-refractivity contribution in [1.82, 2.24) is 4.98 Å². The Labute approximate surface area is 81.1 Å². The fourth-order valence-electron chi connectivity index (χ4n) is 0.879. The van der Waals surface area contributed by atoms with Gasteiger partial charge in [-0.2, -0.15) is 13.2 Å². The van der Waals surface area contributed by atoms with Gasteiger partial charge in [0.25, 0.3) is 0 Å². The van der Waals surface area contributed by atoms with E-state index in [4.69, 9.17) is 5.73 Å². The van der Waals surface area contributed by atoms with Gasteiger partial charge in [0.15, 0.2) is 0 Å². The standard InChI is InChI=1S/C7H6BrF3N2/c1-3-6(12)4(7(9,10)11)2-5(8)13-3/h2H,12H2,1H3. The minimum atomic E-state index is -4.43. The van der Waals surface area contributed by atoms with Gasteiger partial charge in [-0.25, -0.2) is 4.98 Å². The minimum Gasteiger partial charge on any atom is -0.397 e. The summed E-state index contributed by atoms with van der Waals surface area (Å²) < 4.78 is 37.0. The highest BCUT2D eigenvalue weighted by atomic mass is 79.9. The molecule has 0 fully saturated rings. The van der Waals surface area contributed by atoms with E-state index < -0.39 is 11.7 Å². The Hall–Kier alpha value is -0.780. The lowest BCUT2D eigenvalue weighted by Gasteiger charge is -2.11. The number of aromatic nitrogens is 1. The zero-order valence-electron chi connectivity index (χ0n) is 6.61. The van der Waals surface area contributed by atoms with Crippen LogP contribution in [0.4, 0.5) is 18.9 Å². The Morgan fingerprint density at radius 1 is 1.46 bits per heavy atom. The van der Waals surface area contributed by atoms with Gasteiger partial charge >= 0.3 is 6.18 Å². The average molecular weight is 255 g/mol. The first-order chi connectivity index (χ1) is 5.82. The Bertz CT molecular complexity index is 335. The highest BCUT2D eigenvalue weighted by Crippen LogP contribution is 2.35. The summed E-state index contributed by atoms with van der Waals surface area (Å²) in [5.74, 6) is 0. The van der Waals surface area contributed by atoms with Crippen LogP contribution in [0.5, 0.6) is 0 Å². The first-order valence-electron chi connectivity index (χ1n) is 3.32. The number of halogens is 4. The van der Waals surface area contributed by atoms with Crippen LogP contribution in [0.2, 0.25) is 0 Å².